The molecular weight excluding hydrogens is 412 g/mol. The van der Waals surface area contributed by atoms with E-state index in [1.807, 2.05) is 0 Å². The Kier molecular flexibility index (Phi) is 5.72. The molecule has 29 heavy (non-hydrogen) atoms. The quantitative estimate of drug-likeness (QED) is 0.474. The van der Waals surface area contributed by atoms with Crippen LogP contribution in [0.3, 0.4) is 0 Å². The average molecular weight is 433 g/mol. The maximum atomic E-state index is 12.8. The molecule has 0 atom stereocenters. The van der Waals surface area contributed by atoms with Crippen molar-refractivity contribution in [2.24, 2.45) is 7.05 Å². The summed E-state index contributed by atoms with van der Waals surface area (Å²) >= 11 is 2.71. The molecule has 0 fully saturated rings. The fraction of sp³-hybridized carbons (Fsp3) is 0.368. The number of thioether (sulfide) groups is 1. The summed E-state index contributed by atoms with van der Waals surface area (Å²) in [4.78, 5) is 43.3. The molecule has 1 aliphatic rings. The first kappa shape index (κ1) is 19.7. The Morgan fingerprint density at radius 2 is 2.17 bits per heavy atom. The Balaban J connectivity index is 1.40. The zero-order chi connectivity index (χ0) is 20.4. The fourth-order valence-electron chi connectivity index (χ4n) is 3.31. The van der Waals surface area contributed by atoms with Gasteiger partial charge in [-0.1, -0.05) is 11.8 Å². The molecule has 0 spiro atoms. The third kappa shape index (κ3) is 4.23. The molecule has 0 bridgehead atoms. The van der Waals surface area contributed by atoms with E-state index in [-0.39, 0.29) is 17.9 Å². The van der Waals surface area contributed by atoms with Gasteiger partial charge in [-0.25, -0.2) is 9.78 Å². The Morgan fingerprint density at radius 3 is 2.97 bits per heavy atom. The minimum absolute atomic E-state index is 0.0228. The second kappa shape index (κ2) is 8.42. The number of hydrogen-bond donors (Lipinski definition) is 2. The van der Waals surface area contributed by atoms with Crippen LogP contribution in [0.5, 0.6) is 0 Å². The van der Waals surface area contributed by atoms with Gasteiger partial charge in [-0.05, 0) is 43.4 Å². The summed E-state index contributed by atoms with van der Waals surface area (Å²) in [6, 6.07) is 2.84. The zero-order valence-corrected chi connectivity index (χ0v) is 17.5. The van der Waals surface area contributed by atoms with Crippen LogP contribution in [0.4, 0.5) is 4.79 Å². The van der Waals surface area contributed by atoms with Crippen molar-refractivity contribution in [2.75, 3.05) is 5.75 Å². The number of thiophene rings is 1. The number of nitrogens with zero attached hydrogens (tertiary/aromatic N) is 2. The highest BCUT2D eigenvalue weighted by Crippen LogP contribution is 2.34. The number of aryl methyl sites for hydroxylation is 2. The molecule has 1 aliphatic carbocycles. The van der Waals surface area contributed by atoms with E-state index in [1.165, 1.54) is 15.7 Å². The lowest BCUT2D eigenvalue weighted by Gasteiger charge is -2.11. The number of rotatable bonds is 5. The lowest BCUT2D eigenvalue weighted by atomic mass is 9.97. The van der Waals surface area contributed by atoms with E-state index in [0.29, 0.717) is 10.9 Å². The van der Waals surface area contributed by atoms with E-state index in [2.05, 4.69) is 15.6 Å². The molecule has 0 saturated carbocycles. The Morgan fingerprint density at radius 1 is 1.34 bits per heavy atom. The number of carbonyl (C=O) groups is 2. The van der Waals surface area contributed by atoms with Crippen LogP contribution < -0.4 is 16.2 Å². The summed E-state index contributed by atoms with van der Waals surface area (Å²) in [6.07, 6.45) is 5.67. The van der Waals surface area contributed by atoms with Gasteiger partial charge in [0.2, 0.25) is 5.91 Å². The Hall–Kier alpha value is -2.59. The maximum absolute atomic E-state index is 12.8. The van der Waals surface area contributed by atoms with Crippen molar-refractivity contribution in [3.05, 3.63) is 45.0 Å². The predicted molar refractivity (Wildman–Crippen MR) is 111 cm³/mol. The average Bonchev–Trinajstić information content (AvgIpc) is 3.35. The van der Waals surface area contributed by atoms with Gasteiger partial charge < -0.3 is 9.73 Å². The standard InChI is InChI=1S/C19H20N4O4S2/c1-23-17(25)15-12-6-2-3-7-13(12)29-16(15)22-19(23)28-10-14(24)21-18(26)20-9-11-5-4-8-27-11/h4-5,8H,2-3,6-7,9-10H2,1H3,(H2,20,21,24,26). The largest absolute Gasteiger partial charge is 0.467 e. The molecule has 0 radical (unpaired) electrons. The van der Waals surface area contributed by atoms with Crippen LogP contribution in [0.15, 0.2) is 32.8 Å². The summed E-state index contributed by atoms with van der Waals surface area (Å²) < 4.78 is 6.60. The molecule has 0 aromatic carbocycles. The van der Waals surface area contributed by atoms with Gasteiger partial charge in [0, 0.05) is 11.9 Å². The third-order valence-corrected chi connectivity index (χ3v) is 6.96. The molecular formula is C19H20N4O4S2. The van der Waals surface area contributed by atoms with E-state index in [9.17, 15) is 14.4 Å². The number of imide groups is 1. The summed E-state index contributed by atoms with van der Waals surface area (Å²) in [6.45, 7) is 0.190. The normalized spacial score (nSPS) is 13.3. The van der Waals surface area contributed by atoms with Crippen LogP contribution in [0.1, 0.15) is 29.0 Å². The van der Waals surface area contributed by atoms with E-state index < -0.39 is 11.9 Å². The molecule has 152 valence electrons. The van der Waals surface area contributed by atoms with Gasteiger partial charge in [0.05, 0.1) is 23.9 Å². The van der Waals surface area contributed by atoms with E-state index in [1.54, 1.807) is 30.5 Å². The van der Waals surface area contributed by atoms with Crippen LogP contribution >= 0.6 is 23.1 Å². The van der Waals surface area contributed by atoms with Crippen molar-refractivity contribution in [1.82, 2.24) is 20.2 Å². The van der Waals surface area contributed by atoms with Gasteiger partial charge in [-0.3, -0.25) is 19.5 Å². The topological polar surface area (TPSA) is 106 Å². The highest BCUT2D eigenvalue weighted by atomic mass is 32.2. The summed E-state index contributed by atoms with van der Waals surface area (Å²) in [5, 5.41) is 5.99. The van der Waals surface area contributed by atoms with Gasteiger partial charge in [-0.15, -0.1) is 11.3 Å². The monoisotopic (exact) mass is 432 g/mol. The van der Waals surface area contributed by atoms with Crippen molar-refractivity contribution >= 4 is 45.3 Å². The SMILES string of the molecule is Cn1c(SCC(=O)NC(=O)NCc2ccco2)nc2sc3c(c2c1=O)CCCC3. The van der Waals surface area contributed by atoms with Crippen molar-refractivity contribution in [1.29, 1.82) is 0 Å². The molecule has 0 saturated heterocycles. The number of furan rings is 1. The van der Waals surface area contributed by atoms with Crippen molar-refractivity contribution in [3.63, 3.8) is 0 Å². The number of fused-ring (bicyclic) bond motifs is 3. The molecule has 10 heteroatoms. The van der Waals surface area contributed by atoms with Gasteiger partial charge in [0.25, 0.3) is 5.56 Å². The van der Waals surface area contributed by atoms with Crippen LogP contribution in [-0.4, -0.2) is 27.2 Å². The minimum Gasteiger partial charge on any atom is -0.467 e. The molecule has 8 nitrogen and oxygen atoms in total. The molecule has 3 amide bonds. The van der Waals surface area contributed by atoms with Crippen LogP contribution in [0.2, 0.25) is 0 Å². The third-order valence-electron chi connectivity index (χ3n) is 4.74. The van der Waals surface area contributed by atoms with E-state index >= 15 is 0 Å². The van der Waals surface area contributed by atoms with Crippen LogP contribution in [-0.2, 0) is 31.2 Å². The maximum Gasteiger partial charge on any atom is 0.321 e. The van der Waals surface area contributed by atoms with Crippen LogP contribution in [0, 0.1) is 0 Å². The molecule has 4 rings (SSSR count). The zero-order valence-electron chi connectivity index (χ0n) is 15.8. The second-order valence-corrected chi connectivity index (χ2v) is 8.77. The number of amides is 3. The highest BCUT2D eigenvalue weighted by Gasteiger charge is 2.21. The lowest BCUT2D eigenvalue weighted by molar-refractivity contribution is -0.117. The number of nitrogens with one attached hydrogen (secondary N) is 2. The van der Waals surface area contributed by atoms with Crippen molar-refractivity contribution in [2.45, 2.75) is 37.4 Å². The first-order valence-corrected chi connectivity index (χ1v) is 11.1. The molecule has 3 aromatic rings. The number of hydrogen-bond acceptors (Lipinski definition) is 7. The number of urea groups is 1. The van der Waals surface area contributed by atoms with Crippen molar-refractivity contribution in [3.8, 4) is 0 Å². The molecule has 2 N–H and O–H groups in total. The number of carbonyl (C=O) groups excluding carboxylic acids is 2. The molecule has 3 heterocycles. The van der Waals surface area contributed by atoms with Gasteiger partial charge in [0.15, 0.2) is 5.16 Å². The van der Waals surface area contributed by atoms with E-state index in [0.717, 1.165) is 53.2 Å². The smallest absolute Gasteiger partial charge is 0.321 e. The second-order valence-electron chi connectivity index (χ2n) is 6.75. The Labute approximate surface area is 174 Å². The van der Waals surface area contributed by atoms with Gasteiger partial charge >= 0.3 is 6.03 Å². The molecule has 0 aliphatic heterocycles. The number of aromatic nitrogens is 2. The summed E-state index contributed by atoms with van der Waals surface area (Å²) in [7, 11) is 1.66. The molecule has 3 aromatic heterocycles. The van der Waals surface area contributed by atoms with Crippen LogP contribution in [0.25, 0.3) is 10.2 Å². The Bertz CT molecular complexity index is 1120. The van der Waals surface area contributed by atoms with E-state index in [4.69, 9.17) is 4.42 Å². The highest BCUT2D eigenvalue weighted by molar-refractivity contribution is 7.99. The summed E-state index contributed by atoms with van der Waals surface area (Å²) in [5.74, 6) is 0.102. The predicted octanol–water partition coefficient (Wildman–Crippen LogP) is 2.58. The first-order valence-electron chi connectivity index (χ1n) is 9.27. The van der Waals surface area contributed by atoms with Crippen molar-refractivity contribution < 1.29 is 14.0 Å². The van der Waals surface area contributed by atoms with Gasteiger partial charge in [-0.2, -0.15) is 0 Å². The first-order chi connectivity index (χ1) is 14.0. The minimum atomic E-state index is -0.602. The molecule has 0 unspecified atom stereocenters. The fourth-order valence-corrected chi connectivity index (χ4v) is 5.39. The van der Waals surface area contributed by atoms with Gasteiger partial charge in [0.1, 0.15) is 10.6 Å². The lowest BCUT2D eigenvalue weighted by Crippen LogP contribution is -2.40. The summed E-state index contributed by atoms with van der Waals surface area (Å²) in [5.41, 5.74) is 1.07.